The molecular formula is C13H26N2. The van der Waals surface area contributed by atoms with Crippen molar-refractivity contribution in [3.05, 3.63) is 0 Å². The summed E-state index contributed by atoms with van der Waals surface area (Å²) >= 11 is 0. The van der Waals surface area contributed by atoms with Crippen molar-refractivity contribution in [3.63, 3.8) is 0 Å². The summed E-state index contributed by atoms with van der Waals surface area (Å²) in [5.74, 6) is 0. The van der Waals surface area contributed by atoms with Crippen LogP contribution in [0.5, 0.6) is 0 Å². The third-order valence-electron chi connectivity index (χ3n) is 1.70. The van der Waals surface area contributed by atoms with E-state index in [0.717, 1.165) is 6.42 Å². The topological polar surface area (TPSA) is 24.7 Å². The maximum atomic E-state index is 4.41. The molecule has 0 rings (SSSR count). The van der Waals surface area contributed by atoms with Crippen LogP contribution < -0.4 is 0 Å². The average Bonchev–Trinajstić information content (AvgIpc) is 1.75. The highest BCUT2D eigenvalue weighted by molar-refractivity contribution is 5.43. The number of hydrogen-bond acceptors (Lipinski definition) is 2. The molecule has 0 bridgehead atoms. The van der Waals surface area contributed by atoms with E-state index in [0.29, 0.717) is 0 Å². The second-order valence-corrected chi connectivity index (χ2v) is 7.04. The summed E-state index contributed by atoms with van der Waals surface area (Å²) in [5.41, 5.74) is 0.130. The molecule has 0 radical (unpaired) electrons. The predicted molar refractivity (Wildman–Crippen MR) is 67.8 cm³/mol. The third-order valence-corrected chi connectivity index (χ3v) is 1.70. The Labute approximate surface area is 94.9 Å². The van der Waals surface area contributed by atoms with Crippen LogP contribution in [0.25, 0.3) is 0 Å². The fourth-order valence-electron chi connectivity index (χ4n) is 1.65. The maximum Gasteiger partial charge on any atom is 0.0903 e. The van der Waals surface area contributed by atoms with Crippen molar-refractivity contribution in [1.29, 1.82) is 0 Å². The van der Waals surface area contributed by atoms with E-state index in [9.17, 15) is 0 Å². The van der Waals surface area contributed by atoms with Crippen LogP contribution in [0.2, 0.25) is 0 Å². The van der Waals surface area contributed by atoms with Crippen molar-refractivity contribution in [2.24, 2.45) is 15.4 Å². The molecule has 2 heteroatoms. The molecule has 0 N–H and O–H groups in total. The van der Waals surface area contributed by atoms with Gasteiger partial charge in [0.05, 0.1) is 17.1 Å². The van der Waals surface area contributed by atoms with E-state index < -0.39 is 0 Å². The number of nitrogens with zero attached hydrogens (tertiary/aromatic N) is 2. The summed E-state index contributed by atoms with van der Waals surface area (Å²) in [4.78, 5) is 8.67. The van der Waals surface area contributed by atoms with Gasteiger partial charge >= 0.3 is 0 Å². The van der Waals surface area contributed by atoms with Crippen LogP contribution in [-0.2, 0) is 0 Å². The lowest BCUT2D eigenvalue weighted by molar-refractivity contribution is 0.289. The molecule has 0 unspecified atom stereocenters. The van der Waals surface area contributed by atoms with Gasteiger partial charge < -0.3 is 0 Å². The van der Waals surface area contributed by atoms with Crippen LogP contribution in [0.1, 0.15) is 61.8 Å². The molecule has 0 amide bonds. The van der Waals surface area contributed by atoms with Crippen LogP contribution in [0.3, 0.4) is 0 Å². The molecule has 0 aromatic rings. The quantitative estimate of drug-likeness (QED) is 0.611. The summed E-state index contributed by atoms with van der Waals surface area (Å²) in [6, 6.07) is 2.84. The van der Waals surface area contributed by atoms with Gasteiger partial charge in [-0.2, -0.15) is 0 Å². The molecular weight excluding hydrogens is 184 g/mol. The third kappa shape index (κ3) is 9.68. The van der Waals surface area contributed by atoms with Crippen LogP contribution in [0.4, 0.5) is 0 Å². The second kappa shape index (κ2) is 4.49. The molecule has 0 aliphatic heterocycles. The van der Waals surface area contributed by atoms with Crippen molar-refractivity contribution in [2.75, 3.05) is 0 Å². The summed E-state index contributed by atoms with van der Waals surface area (Å²) in [6.45, 7) is 17.1. The zero-order chi connectivity index (χ0) is 12.3. The SMILES string of the molecule is CC(C)(C)CC(C)(C)N=C=NC(C)(C)C. The van der Waals surface area contributed by atoms with Crippen LogP contribution in [0.15, 0.2) is 9.98 Å². The Morgan fingerprint density at radius 3 is 1.60 bits per heavy atom. The molecule has 88 valence electrons. The minimum atomic E-state index is -0.0820. The van der Waals surface area contributed by atoms with E-state index >= 15 is 0 Å². The number of aliphatic imine (C=N–C) groups is 2. The van der Waals surface area contributed by atoms with Gasteiger partial charge in [-0.1, -0.05) is 20.8 Å². The maximum absolute atomic E-state index is 4.41. The fourth-order valence-corrected chi connectivity index (χ4v) is 1.65. The van der Waals surface area contributed by atoms with Gasteiger partial charge in [-0.15, -0.1) is 0 Å². The lowest BCUT2D eigenvalue weighted by atomic mass is 9.82. The van der Waals surface area contributed by atoms with Gasteiger partial charge in [-0.3, -0.25) is 0 Å². The van der Waals surface area contributed by atoms with Crippen LogP contribution in [-0.4, -0.2) is 17.1 Å². The second-order valence-electron chi connectivity index (χ2n) is 7.04. The molecule has 15 heavy (non-hydrogen) atoms. The molecule has 0 aliphatic rings. The first-order valence-corrected chi connectivity index (χ1v) is 5.60. The van der Waals surface area contributed by atoms with Gasteiger partial charge in [0.1, 0.15) is 0 Å². The van der Waals surface area contributed by atoms with Gasteiger partial charge in [-0.05, 0) is 46.5 Å². The Morgan fingerprint density at radius 2 is 1.27 bits per heavy atom. The Bertz CT molecular complexity index is 255. The van der Waals surface area contributed by atoms with Gasteiger partial charge in [0.15, 0.2) is 0 Å². The lowest BCUT2D eigenvalue weighted by Crippen LogP contribution is -2.24. The minimum absolute atomic E-state index is 0.0764. The van der Waals surface area contributed by atoms with E-state index in [-0.39, 0.29) is 16.5 Å². The Balaban J connectivity index is 4.58. The zero-order valence-electron chi connectivity index (χ0n) is 11.6. The highest BCUT2D eigenvalue weighted by Gasteiger charge is 2.24. The smallest absolute Gasteiger partial charge is 0.0903 e. The Morgan fingerprint density at radius 1 is 0.800 bits per heavy atom. The average molecular weight is 210 g/mol. The molecule has 0 heterocycles. The van der Waals surface area contributed by atoms with Crippen LogP contribution in [0, 0.1) is 5.41 Å². The molecule has 0 saturated carbocycles. The number of hydrogen-bond donors (Lipinski definition) is 0. The highest BCUT2D eigenvalue weighted by Crippen LogP contribution is 2.29. The predicted octanol–water partition coefficient (Wildman–Crippen LogP) is 4.17. The first-order valence-electron chi connectivity index (χ1n) is 5.60. The van der Waals surface area contributed by atoms with E-state index in [1.165, 1.54) is 0 Å². The molecule has 0 aromatic carbocycles. The van der Waals surface area contributed by atoms with Gasteiger partial charge in [-0.25, -0.2) is 9.98 Å². The van der Waals surface area contributed by atoms with Crippen molar-refractivity contribution < 1.29 is 0 Å². The van der Waals surface area contributed by atoms with Gasteiger partial charge in [0.2, 0.25) is 0 Å². The molecule has 0 aromatic heterocycles. The molecule has 0 aliphatic carbocycles. The standard InChI is InChI=1S/C13H26N2/c1-11(2,3)9-13(7,8)15-10-14-12(4,5)6/h9H2,1-8H3. The Kier molecular flexibility index (Phi) is 4.30. The number of rotatable bonds is 2. The van der Waals surface area contributed by atoms with E-state index in [1.54, 1.807) is 0 Å². The summed E-state index contributed by atoms with van der Waals surface area (Å²) in [7, 11) is 0. The summed E-state index contributed by atoms with van der Waals surface area (Å²) < 4.78 is 0. The van der Waals surface area contributed by atoms with E-state index in [4.69, 9.17) is 0 Å². The van der Waals surface area contributed by atoms with Crippen molar-refractivity contribution in [2.45, 2.75) is 72.9 Å². The molecule has 2 nitrogen and oxygen atoms in total. The molecule has 0 fully saturated rings. The van der Waals surface area contributed by atoms with Crippen molar-refractivity contribution in [3.8, 4) is 0 Å². The summed E-state index contributed by atoms with van der Waals surface area (Å²) in [6.07, 6.45) is 1.03. The van der Waals surface area contributed by atoms with Crippen LogP contribution >= 0.6 is 0 Å². The van der Waals surface area contributed by atoms with Crippen molar-refractivity contribution >= 4 is 6.01 Å². The normalized spacial score (nSPS) is 13.3. The molecule has 0 saturated heterocycles. The fraction of sp³-hybridized carbons (Fsp3) is 0.923. The largest absolute Gasteiger partial charge is 0.220 e. The first kappa shape index (κ1) is 14.4. The van der Waals surface area contributed by atoms with Gasteiger partial charge in [0, 0.05) is 0 Å². The molecule has 0 atom stereocenters. The highest BCUT2D eigenvalue weighted by atomic mass is 14.9. The van der Waals surface area contributed by atoms with Gasteiger partial charge in [0.25, 0.3) is 0 Å². The lowest BCUT2D eigenvalue weighted by Gasteiger charge is -2.27. The van der Waals surface area contributed by atoms with E-state index in [1.807, 2.05) is 20.8 Å². The molecule has 0 spiro atoms. The minimum Gasteiger partial charge on any atom is -0.220 e. The zero-order valence-corrected chi connectivity index (χ0v) is 11.6. The summed E-state index contributed by atoms with van der Waals surface area (Å²) in [5, 5.41) is 0. The van der Waals surface area contributed by atoms with E-state index in [2.05, 4.69) is 50.6 Å². The monoisotopic (exact) mass is 210 g/mol. The Hall–Kier alpha value is -0.620. The van der Waals surface area contributed by atoms with Crippen molar-refractivity contribution in [1.82, 2.24) is 0 Å². The first-order chi connectivity index (χ1) is 6.41.